The summed E-state index contributed by atoms with van der Waals surface area (Å²) in [5.74, 6) is 0.807. The number of hydrogen-bond acceptors (Lipinski definition) is 1. The van der Waals surface area contributed by atoms with E-state index in [0.717, 1.165) is 30.6 Å². The molecule has 2 heteroatoms. The third kappa shape index (κ3) is 4.45. The summed E-state index contributed by atoms with van der Waals surface area (Å²) < 4.78 is 6.29. The largest absolute Gasteiger partial charge is 0.486 e. The second-order valence-corrected chi connectivity index (χ2v) is 6.67. The van der Waals surface area contributed by atoms with Crippen LogP contribution in [0.25, 0.3) is 11.1 Å². The van der Waals surface area contributed by atoms with Crippen LogP contribution in [0, 0.1) is 6.92 Å². The normalized spacial score (nSPS) is 11.9. The molecule has 0 aliphatic heterocycles. The maximum Gasteiger partial charge on any atom is 0.181 e. The van der Waals surface area contributed by atoms with Crippen molar-refractivity contribution in [1.29, 1.82) is 0 Å². The average molecular weight is 345 g/mol. The van der Waals surface area contributed by atoms with Gasteiger partial charge in [0, 0.05) is 5.56 Å². The molecule has 0 amide bonds. The van der Waals surface area contributed by atoms with Crippen molar-refractivity contribution >= 4 is 0 Å². The molecule has 0 aliphatic rings. The van der Waals surface area contributed by atoms with Crippen LogP contribution in [-0.4, -0.2) is 0 Å². The van der Waals surface area contributed by atoms with Crippen LogP contribution < -0.4 is 4.74 Å². The van der Waals surface area contributed by atoms with E-state index in [9.17, 15) is 5.11 Å². The smallest absolute Gasteiger partial charge is 0.181 e. The number of rotatable bonds is 7. The Labute approximate surface area is 156 Å². The zero-order valence-electron chi connectivity index (χ0n) is 15.4. The van der Waals surface area contributed by atoms with E-state index in [0.29, 0.717) is 0 Å². The van der Waals surface area contributed by atoms with Gasteiger partial charge in [0.05, 0.1) is 0 Å². The second-order valence-electron chi connectivity index (χ2n) is 6.67. The lowest BCUT2D eigenvalue weighted by Gasteiger charge is -2.20. The number of aryl methyl sites for hydroxylation is 1. The third-order valence-corrected chi connectivity index (χ3v) is 4.61. The fourth-order valence-corrected chi connectivity index (χ4v) is 3.09. The molecule has 0 N–H and O–H groups in total. The highest BCUT2D eigenvalue weighted by molar-refractivity contribution is 5.64. The highest BCUT2D eigenvalue weighted by Gasteiger charge is 2.15. The van der Waals surface area contributed by atoms with Gasteiger partial charge in [-0.1, -0.05) is 61.9 Å². The third-order valence-electron chi connectivity index (χ3n) is 4.61. The minimum atomic E-state index is -0.0180. The van der Waals surface area contributed by atoms with Gasteiger partial charge in [-0.15, -0.1) is 0 Å². The molecule has 0 aliphatic carbocycles. The Morgan fingerprint density at radius 3 is 2.38 bits per heavy atom. The van der Waals surface area contributed by atoms with Gasteiger partial charge in [-0.2, -0.15) is 0 Å². The number of ether oxygens (including phenoxy) is 1. The Hall–Kier alpha value is -2.74. The van der Waals surface area contributed by atoms with Crippen molar-refractivity contribution in [3.8, 4) is 22.6 Å². The van der Waals surface area contributed by atoms with Crippen molar-refractivity contribution in [3.63, 3.8) is 0 Å². The van der Waals surface area contributed by atoms with Gasteiger partial charge in [-0.05, 0) is 60.7 Å². The number of benzene rings is 3. The molecule has 1 unspecified atom stereocenters. The minimum absolute atomic E-state index is 0.0180. The molecule has 1 radical (unpaired) electrons. The van der Waals surface area contributed by atoms with E-state index in [1.807, 2.05) is 19.1 Å². The molecule has 0 spiro atoms. The summed E-state index contributed by atoms with van der Waals surface area (Å²) in [5, 5.41) is 11.6. The predicted molar refractivity (Wildman–Crippen MR) is 106 cm³/mol. The van der Waals surface area contributed by atoms with Gasteiger partial charge in [0.1, 0.15) is 11.9 Å². The Balaban J connectivity index is 1.88. The summed E-state index contributed by atoms with van der Waals surface area (Å²) in [5.41, 5.74) is 4.29. The fraction of sp³-hybridized carbons (Fsp3) is 0.250. The highest BCUT2D eigenvalue weighted by atomic mass is 16.5. The standard InChI is InChI=1S/C24H25O2/c1-3-4-13-24(26-22-14-15-23(25)18(2)16-22)21-12-8-11-20(17-21)19-9-6-5-7-10-19/h5-12,14-17,24H,3-4,13H2,1-2H3. The zero-order valence-corrected chi connectivity index (χ0v) is 15.4. The summed E-state index contributed by atoms with van der Waals surface area (Å²) >= 11 is 0. The molecule has 3 aromatic rings. The van der Waals surface area contributed by atoms with E-state index in [1.165, 1.54) is 16.7 Å². The average Bonchev–Trinajstić information content (AvgIpc) is 2.68. The van der Waals surface area contributed by atoms with E-state index in [1.54, 1.807) is 12.1 Å². The SMILES string of the molecule is CCCCC(Oc1ccc([O])c(C)c1)c1cccc(-c2ccccc2)c1. The summed E-state index contributed by atoms with van der Waals surface area (Å²) in [6.45, 7) is 4.01. The lowest BCUT2D eigenvalue weighted by Crippen LogP contribution is -2.08. The molecule has 133 valence electrons. The maximum atomic E-state index is 11.6. The molecule has 0 fully saturated rings. The van der Waals surface area contributed by atoms with Crippen LogP contribution in [0.2, 0.25) is 0 Å². The first-order valence-corrected chi connectivity index (χ1v) is 9.27. The summed E-state index contributed by atoms with van der Waals surface area (Å²) in [6, 6.07) is 24.1. The van der Waals surface area contributed by atoms with Crippen LogP contribution in [0.5, 0.6) is 11.5 Å². The van der Waals surface area contributed by atoms with Crippen LogP contribution in [0.1, 0.15) is 43.4 Å². The first kappa shape index (κ1) is 18.1. The molecule has 1 atom stereocenters. The van der Waals surface area contributed by atoms with Gasteiger partial charge in [0.15, 0.2) is 5.75 Å². The van der Waals surface area contributed by atoms with E-state index in [4.69, 9.17) is 4.74 Å². The van der Waals surface area contributed by atoms with Crippen molar-refractivity contribution in [2.45, 2.75) is 39.2 Å². The molecular weight excluding hydrogens is 320 g/mol. The predicted octanol–water partition coefficient (Wildman–Crippen LogP) is 7.12. The van der Waals surface area contributed by atoms with E-state index < -0.39 is 0 Å². The Morgan fingerprint density at radius 2 is 1.65 bits per heavy atom. The Bertz CT molecular complexity index is 840. The lowest BCUT2D eigenvalue weighted by atomic mass is 9.98. The monoisotopic (exact) mass is 345 g/mol. The van der Waals surface area contributed by atoms with Gasteiger partial charge < -0.3 is 4.74 Å². The van der Waals surface area contributed by atoms with Crippen LogP contribution in [0.3, 0.4) is 0 Å². The summed E-state index contributed by atoms with van der Waals surface area (Å²) in [4.78, 5) is 0. The van der Waals surface area contributed by atoms with Crippen molar-refractivity contribution < 1.29 is 9.84 Å². The molecule has 0 saturated heterocycles. The molecule has 2 nitrogen and oxygen atoms in total. The quantitative estimate of drug-likeness (QED) is 0.448. The van der Waals surface area contributed by atoms with Crippen LogP contribution in [-0.2, 0) is 5.11 Å². The molecule has 26 heavy (non-hydrogen) atoms. The second kappa shape index (κ2) is 8.57. The van der Waals surface area contributed by atoms with Crippen molar-refractivity contribution in [3.05, 3.63) is 83.9 Å². The molecular formula is C24H25O2. The first-order chi connectivity index (χ1) is 12.7. The van der Waals surface area contributed by atoms with E-state index in [2.05, 4.69) is 55.5 Å². The van der Waals surface area contributed by atoms with Crippen molar-refractivity contribution in [2.75, 3.05) is 0 Å². The Morgan fingerprint density at radius 1 is 0.885 bits per heavy atom. The zero-order chi connectivity index (χ0) is 18.4. The topological polar surface area (TPSA) is 29.1 Å². The summed E-state index contributed by atoms with van der Waals surface area (Å²) in [7, 11) is 0. The van der Waals surface area contributed by atoms with Gasteiger partial charge in [0.25, 0.3) is 0 Å². The number of hydrogen-bond donors (Lipinski definition) is 0. The minimum Gasteiger partial charge on any atom is -0.486 e. The molecule has 0 aromatic heterocycles. The molecule has 0 saturated carbocycles. The lowest BCUT2D eigenvalue weighted by molar-refractivity contribution is 0.191. The number of unbranched alkanes of at least 4 members (excludes halogenated alkanes) is 1. The Kier molecular flexibility index (Phi) is 5.96. The molecule has 3 aromatic carbocycles. The highest BCUT2D eigenvalue weighted by Crippen LogP contribution is 2.31. The van der Waals surface area contributed by atoms with Crippen molar-refractivity contribution in [1.82, 2.24) is 0 Å². The van der Waals surface area contributed by atoms with Gasteiger partial charge in [-0.3, -0.25) is 5.11 Å². The van der Waals surface area contributed by atoms with Crippen LogP contribution in [0.15, 0.2) is 72.8 Å². The first-order valence-electron chi connectivity index (χ1n) is 9.27. The fourth-order valence-electron chi connectivity index (χ4n) is 3.09. The van der Waals surface area contributed by atoms with Gasteiger partial charge in [0.2, 0.25) is 0 Å². The van der Waals surface area contributed by atoms with E-state index in [-0.39, 0.29) is 11.9 Å². The maximum absolute atomic E-state index is 11.6. The van der Waals surface area contributed by atoms with Crippen LogP contribution in [0.4, 0.5) is 0 Å². The van der Waals surface area contributed by atoms with Gasteiger partial charge in [-0.25, -0.2) is 0 Å². The molecule has 3 rings (SSSR count). The van der Waals surface area contributed by atoms with Crippen molar-refractivity contribution in [2.24, 2.45) is 0 Å². The van der Waals surface area contributed by atoms with E-state index >= 15 is 0 Å². The molecule has 0 heterocycles. The van der Waals surface area contributed by atoms with Gasteiger partial charge >= 0.3 is 0 Å². The van der Waals surface area contributed by atoms with Crippen LogP contribution >= 0.6 is 0 Å². The summed E-state index contributed by atoms with van der Waals surface area (Å²) in [6.07, 6.45) is 3.15. The molecule has 0 bridgehead atoms.